The van der Waals surface area contributed by atoms with Crippen molar-refractivity contribution >= 4 is 59.3 Å². The van der Waals surface area contributed by atoms with Gasteiger partial charge in [-0.2, -0.15) is 0 Å². The molecule has 0 heterocycles. The minimum atomic E-state index is -5.17. The van der Waals surface area contributed by atoms with Gasteiger partial charge in [-0.05, 0) is 0 Å². The molecule has 0 amide bonds. The molecule has 0 aliphatic heterocycles. The first-order valence-corrected chi connectivity index (χ1v) is 2.00. The van der Waals surface area contributed by atoms with Gasteiger partial charge < -0.3 is 14.6 Å². The predicted octanol–water partition coefficient (Wildman–Crippen LogP) is -1.90. The maximum Gasteiger partial charge on any atom is 2.00 e. The Bertz CT molecular complexity index is 95.6. The summed E-state index contributed by atoms with van der Waals surface area (Å²) in [5, 5.41) is 0. The Balaban J connectivity index is -0.0000000267. The summed E-state index contributed by atoms with van der Waals surface area (Å²) in [6.45, 7) is 0. The summed E-state index contributed by atoms with van der Waals surface area (Å²) in [6.07, 6.45) is 0. The maximum absolute atomic E-state index is 8.52. The quantitative estimate of drug-likeness (QED) is 0.295. The van der Waals surface area contributed by atoms with Crippen molar-refractivity contribution < 1.29 is 40.1 Å². The average Bonchev–Trinajstić information content (AvgIpc) is 0.722. The SMILES string of the molecule is O=S(=O)([O-])[O-].[Ba+2].[Fe+2].[OH-]. The third-order valence-electron chi connectivity index (χ3n) is 0. The molecule has 0 aromatic rings. The molecule has 0 radical (unpaired) electrons. The average molecular weight is 306 g/mol. The monoisotopic (exact) mass is 307 g/mol. The van der Waals surface area contributed by atoms with E-state index in [9.17, 15) is 0 Å². The summed E-state index contributed by atoms with van der Waals surface area (Å²) < 4.78 is 34.1. The number of hydrogen-bond donors (Lipinski definition) is 0. The molecule has 1 N–H and O–H groups in total. The molecule has 0 spiro atoms. The van der Waals surface area contributed by atoms with Crippen LogP contribution in [0.15, 0.2) is 0 Å². The second-order valence-electron chi connectivity index (χ2n) is 0.408. The summed E-state index contributed by atoms with van der Waals surface area (Å²) >= 11 is 0. The predicted molar refractivity (Wildman–Crippen MR) is 18.2 cm³/mol. The van der Waals surface area contributed by atoms with Gasteiger partial charge in [0.1, 0.15) is 0 Å². The largest absolute Gasteiger partial charge is 2.00 e. The van der Waals surface area contributed by atoms with Gasteiger partial charge in [0.05, 0.1) is 0 Å². The zero-order valence-corrected chi connectivity index (χ0v) is 9.91. The molecular formula is HBaFeO5S+. The Hall–Kier alpha value is 1.92. The molecule has 0 aliphatic carbocycles. The van der Waals surface area contributed by atoms with Gasteiger partial charge in [0.2, 0.25) is 0 Å². The van der Waals surface area contributed by atoms with Gasteiger partial charge in [-0.15, -0.1) is 0 Å². The minimum Gasteiger partial charge on any atom is -0.870 e. The molecule has 0 saturated heterocycles. The number of rotatable bonds is 0. The molecule has 8 heavy (non-hydrogen) atoms. The van der Waals surface area contributed by atoms with Gasteiger partial charge in [-0.25, -0.2) is 0 Å². The van der Waals surface area contributed by atoms with Gasteiger partial charge in [-0.1, -0.05) is 0 Å². The molecule has 0 saturated carbocycles. The van der Waals surface area contributed by atoms with Crippen molar-refractivity contribution in [3.8, 4) is 0 Å². The van der Waals surface area contributed by atoms with E-state index < -0.39 is 10.4 Å². The molecule has 0 aromatic heterocycles. The van der Waals surface area contributed by atoms with Gasteiger partial charge in [0, 0.05) is 10.4 Å². The molecule has 0 bridgehead atoms. The Morgan fingerprint density at radius 3 is 1.12 bits per heavy atom. The van der Waals surface area contributed by atoms with E-state index in [1.165, 1.54) is 0 Å². The van der Waals surface area contributed by atoms with E-state index in [0.717, 1.165) is 0 Å². The van der Waals surface area contributed by atoms with Crippen LogP contribution in [0.4, 0.5) is 0 Å². The fraction of sp³-hybridized carbons (Fsp3) is 0. The zero-order valence-electron chi connectivity index (χ0n) is 3.55. The summed E-state index contributed by atoms with van der Waals surface area (Å²) in [7, 11) is -5.17. The Kier molecular flexibility index (Phi) is 25.1. The fourth-order valence-corrected chi connectivity index (χ4v) is 0. The van der Waals surface area contributed by atoms with E-state index in [0.29, 0.717) is 0 Å². The molecule has 0 unspecified atom stereocenters. The summed E-state index contributed by atoms with van der Waals surface area (Å²) in [4.78, 5) is 0. The molecule has 0 aliphatic rings. The molecule has 0 aromatic carbocycles. The summed E-state index contributed by atoms with van der Waals surface area (Å²) in [5.74, 6) is 0. The number of hydrogen-bond acceptors (Lipinski definition) is 5. The van der Waals surface area contributed by atoms with Crippen LogP contribution in [0, 0.1) is 0 Å². The topological polar surface area (TPSA) is 110 Å². The maximum atomic E-state index is 8.52. The van der Waals surface area contributed by atoms with Gasteiger partial charge >= 0.3 is 65.9 Å². The fourth-order valence-electron chi connectivity index (χ4n) is 0. The van der Waals surface area contributed by atoms with Gasteiger partial charge in [-0.3, -0.25) is 8.42 Å². The minimum absolute atomic E-state index is 0. The molecule has 5 nitrogen and oxygen atoms in total. The van der Waals surface area contributed by atoms with Crippen molar-refractivity contribution in [2.45, 2.75) is 0 Å². The van der Waals surface area contributed by atoms with Crippen LogP contribution >= 0.6 is 0 Å². The zero-order chi connectivity index (χ0) is 4.50. The van der Waals surface area contributed by atoms with Gasteiger partial charge in [0.25, 0.3) is 0 Å². The van der Waals surface area contributed by atoms with Crippen molar-refractivity contribution in [2.24, 2.45) is 0 Å². The Morgan fingerprint density at radius 1 is 1.12 bits per heavy atom. The second kappa shape index (κ2) is 8.92. The van der Waals surface area contributed by atoms with E-state index in [-0.39, 0.29) is 71.4 Å². The second-order valence-corrected chi connectivity index (χ2v) is 1.22. The van der Waals surface area contributed by atoms with Crippen LogP contribution in [0.3, 0.4) is 0 Å². The van der Waals surface area contributed by atoms with Crippen molar-refractivity contribution in [1.82, 2.24) is 0 Å². The summed E-state index contributed by atoms with van der Waals surface area (Å²) in [5.41, 5.74) is 0. The van der Waals surface area contributed by atoms with Crippen LogP contribution in [-0.4, -0.2) is 71.9 Å². The molecule has 0 rings (SSSR count). The van der Waals surface area contributed by atoms with Crippen LogP contribution < -0.4 is 0 Å². The molecule has 8 heteroatoms. The van der Waals surface area contributed by atoms with Crippen LogP contribution in [0.5, 0.6) is 0 Å². The van der Waals surface area contributed by atoms with Crippen LogP contribution in [0.25, 0.3) is 0 Å². The van der Waals surface area contributed by atoms with Crippen molar-refractivity contribution in [1.29, 1.82) is 0 Å². The Labute approximate surface area is 97.7 Å². The smallest absolute Gasteiger partial charge is 0.870 e. The summed E-state index contributed by atoms with van der Waals surface area (Å²) in [6, 6.07) is 0. The van der Waals surface area contributed by atoms with E-state index in [2.05, 4.69) is 0 Å². The van der Waals surface area contributed by atoms with Gasteiger partial charge in [0.15, 0.2) is 0 Å². The van der Waals surface area contributed by atoms with Crippen LogP contribution in [0.2, 0.25) is 0 Å². The normalized spacial score (nSPS) is 7.25. The van der Waals surface area contributed by atoms with Crippen LogP contribution in [-0.2, 0) is 27.5 Å². The Morgan fingerprint density at radius 2 is 1.12 bits per heavy atom. The van der Waals surface area contributed by atoms with Crippen molar-refractivity contribution in [3.05, 3.63) is 0 Å². The first kappa shape index (κ1) is 22.5. The van der Waals surface area contributed by atoms with E-state index in [4.69, 9.17) is 17.5 Å². The van der Waals surface area contributed by atoms with E-state index >= 15 is 0 Å². The third-order valence-corrected chi connectivity index (χ3v) is 0. The van der Waals surface area contributed by atoms with E-state index in [1.807, 2.05) is 0 Å². The van der Waals surface area contributed by atoms with Crippen molar-refractivity contribution in [3.63, 3.8) is 0 Å². The standard InChI is InChI=1S/Ba.Fe.H2O4S.H2O/c;;1-5(2,3)4;/h;;(H2,1,2,3,4);1H2/q2*+2;;/p-3. The first-order chi connectivity index (χ1) is 2.00. The van der Waals surface area contributed by atoms with Crippen LogP contribution in [0.1, 0.15) is 0 Å². The third kappa shape index (κ3) is 103. The first-order valence-electron chi connectivity index (χ1n) is 0.667. The van der Waals surface area contributed by atoms with Crippen molar-refractivity contribution in [2.75, 3.05) is 0 Å². The molecule has 0 atom stereocenters. The molecular weight excluding hydrogens is 305 g/mol. The molecule has 46 valence electrons. The van der Waals surface area contributed by atoms with E-state index in [1.54, 1.807) is 0 Å². The molecule has 0 fully saturated rings.